The van der Waals surface area contributed by atoms with E-state index in [1.54, 1.807) is 4.90 Å². The van der Waals surface area contributed by atoms with Crippen molar-refractivity contribution in [3.05, 3.63) is 109 Å². The summed E-state index contributed by atoms with van der Waals surface area (Å²) in [6.45, 7) is 0. The van der Waals surface area contributed by atoms with E-state index in [0.29, 0.717) is 11.5 Å². The number of hydrogen-bond acceptors (Lipinski definition) is 7. The molecule has 29 heavy (non-hydrogen) atoms. The van der Waals surface area contributed by atoms with Crippen LogP contribution in [0.4, 0.5) is 11.4 Å². The first kappa shape index (κ1) is 19.0. The molecule has 0 saturated carbocycles. The standard InChI is InChI=1S/C21H16ClN3O4/c26-22(27,28)29-16-20-24(18-12-6-2-7-13-18)21(17-10-4-1-5-11-17)23-25(20)19-14-8-3-9-15-19/h1-16H. The van der Waals surface area contributed by atoms with E-state index in [1.807, 2.05) is 91.0 Å². The van der Waals surface area contributed by atoms with Gasteiger partial charge in [0.15, 0.2) is 11.7 Å². The third kappa shape index (κ3) is 4.23. The lowest BCUT2D eigenvalue weighted by atomic mass is 10.2. The number of nitrogens with zero attached hydrogens (tertiary/aromatic N) is 3. The van der Waals surface area contributed by atoms with Crippen LogP contribution in [-0.2, 0) is 4.29 Å². The first-order valence-corrected chi connectivity index (χ1v) is 9.90. The van der Waals surface area contributed by atoms with Gasteiger partial charge in [-0.3, -0.25) is 4.90 Å². The number of rotatable bonds is 5. The van der Waals surface area contributed by atoms with Gasteiger partial charge in [0.25, 0.3) is 6.26 Å². The van der Waals surface area contributed by atoms with Crippen molar-refractivity contribution in [2.75, 3.05) is 9.91 Å². The van der Waals surface area contributed by atoms with Gasteiger partial charge in [-0.25, -0.2) is 5.01 Å². The molecule has 8 heteroatoms. The van der Waals surface area contributed by atoms with E-state index >= 15 is 0 Å². The van der Waals surface area contributed by atoms with Crippen molar-refractivity contribution in [1.82, 2.24) is 0 Å². The van der Waals surface area contributed by atoms with Gasteiger partial charge in [-0.05, 0) is 24.3 Å². The van der Waals surface area contributed by atoms with Crippen LogP contribution in [0.15, 0.2) is 108 Å². The Labute approximate surface area is 169 Å². The van der Waals surface area contributed by atoms with E-state index in [-0.39, 0.29) is 5.82 Å². The molecule has 0 amide bonds. The van der Waals surface area contributed by atoms with Gasteiger partial charge in [0.1, 0.15) is 10.2 Å². The number of hydrogen-bond donors (Lipinski definition) is 0. The van der Waals surface area contributed by atoms with Crippen molar-refractivity contribution in [3.8, 4) is 0 Å². The molecule has 1 heterocycles. The van der Waals surface area contributed by atoms with Gasteiger partial charge in [0.05, 0.1) is 5.69 Å². The summed E-state index contributed by atoms with van der Waals surface area (Å²) in [4.78, 5) is 1.73. The fourth-order valence-corrected chi connectivity index (χ4v) is 3.14. The van der Waals surface area contributed by atoms with Crippen molar-refractivity contribution in [1.29, 1.82) is 0 Å². The molecule has 3 aromatic rings. The molecule has 0 radical (unpaired) electrons. The van der Waals surface area contributed by atoms with E-state index in [0.717, 1.165) is 17.5 Å². The zero-order valence-electron chi connectivity index (χ0n) is 15.1. The van der Waals surface area contributed by atoms with Gasteiger partial charge in [0, 0.05) is 11.3 Å². The Morgan fingerprint density at radius 2 is 1.24 bits per heavy atom. The molecule has 1 aliphatic heterocycles. The molecule has 7 nitrogen and oxygen atoms in total. The average Bonchev–Trinajstić information content (AvgIpc) is 3.13. The minimum Gasteiger partial charge on any atom is -0.274 e. The molecule has 4 rings (SSSR count). The van der Waals surface area contributed by atoms with Crippen LogP contribution in [0.1, 0.15) is 5.56 Å². The molecule has 0 bridgehead atoms. The number of para-hydroxylation sites is 2. The third-order valence-electron chi connectivity index (χ3n) is 4.16. The lowest BCUT2D eigenvalue weighted by Crippen LogP contribution is -2.60. The molecular weight excluding hydrogens is 394 g/mol. The Morgan fingerprint density at radius 3 is 1.79 bits per heavy atom. The van der Waals surface area contributed by atoms with Gasteiger partial charge in [-0.1, -0.05) is 71.0 Å². The monoisotopic (exact) mass is 409 g/mol. The summed E-state index contributed by atoms with van der Waals surface area (Å²) in [6.07, 6.45) is 0.892. The molecule has 0 atom stereocenters. The van der Waals surface area contributed by atoms with Crippen LogP contribution in [0.3, 0.4) is 0 Å². The van der Waals surface area contributed by atoms with Gasteiger partial charge in [-0.15, -0.1) is 5.10 Å². The fourth-order valence-electron chi connectivity index (χ4n) is 2.96. The Hall–Kier alpha value is -3.36. The van der Waals surface area contributed by atoms with Crippen LogP contribution >= 0.6 is 0 Å². The van der Waals surface area contributed by atoms with E-state index < -0.39 is 10.2 Å². The molecule has 0 N–H and O–H groups in total. The molecule has 1 aliphatic rings. The highest BCUT2D eigenvalue weighted by Crippen LogP contribution is 2.34. The second-order valence-electron chi connectivity index (χ2n) is 6.05. The highest BCUT2D eigenvalue weighted by molar-refractivity contribution is 6.14. The summed E-state index contributed by atoms with van der Waals surface area (Å²) in [5.41, 5.74) is 2.21. The van der Waals surface area contributed by atoms with E-state index in [9.17, 15) is 14.0 Å². The SMILES string of the molecule is [O-][Cl+3]([O-])([O-])OC=C1N(c2ccccc2)N=C(c2ccccc2)N1c1ccccc1. The summed E-state index contributed by atoms with van der Waals surface area (Å²) < 4.78 is 37.8. The highest BCUT2D eigenvalue weighted by Gasteiger charge is 2.35. The summed E-state index contributed by atoms with van der Waals surface area (Å²) in [7, 11) is -4.64. The predicted octanol–water partition coefficient (Wildman–Crippen LogP) is 1.09. The smallest absolute Gasteiger partial charge is 0.274 e. The number of hydrazone groups is 1. The molecule has 0 fully saturated rings. The molecule has 0 saturated heterocycles. The first-order valence-electron chi connectivity index (χ1n) is 8.67. The molecule has 0 aliphatic carbocycles. The quantitative estimate of drug-likeness (QED) is 0.585. The van der Waals surface area contributed by atoms with E-state index in [1.165, 1.54) is 5.01 Å². The van der Waals surface area contributed by atoms with Gasteiger partial charge in [-0.2, -0.15) is 14.0 Å². The molecule has 0 unspecified atom stereocenters. The summed E-state index contributed by atoms with van der Waals surface area (Å²) >= 11 is 0. The molecule has 0 aromatic heterocycles. The third-order valence-corrected chi connectivity index (χ3v) is 4.47. The van der Waals surface area contributed by atoms with Crippen LogP contribution in [0.2, 0.25) is 0 Å². The Bertz CT molecular complexity index is 1020. The first-order chi connectivity index (χ1) is 14.0. The number of amidine groups is 1. The number of halogens is 1. The van der Waals surface area contributed by atoms with Gasteiger partial charge < -0.3 is 0 Å². The lowest BCUT2D eigenvalue weighted by Gasteiger charge is -2.24. The molecule has 3 aromatic carbocycles. The van der Waals surface area contributed by atoms with Gasteiger partial charge >= 0.3 is 0 Å². The molecular formula is C21H16ClN3O4. The zero-order chi connectivity index (χ0) is 20.3. The Kier molecular flexibility index (Phi) is 5.20. The van der Waals surface area contributed by atoms with Crippen molar-refractivity contribution in [2.45, 2.75) is 0 Å². The largest absolute Gasteiger partial charge is 0.295 e. The maximum atomic E-state index is 11.1. The van der Waals surface area contributed by atoms with E-state index in [4.69, 9.17) is 5.10 Å². The summed E-state index contributed by atoms with van der Waals surface area (Å²) in [5, 5.41) is 6.22. The van der Waals surface area contributed by atoms with Crippen molar-refractivity contribution in [3.63, 3.8) is 0 Å². The van der Waals surface area contributed by atoms with Crippen LogP contribution in [0.25, 0.3) is 0 Å². The van der Waals surface area contributed by atoms with Crippen LogP contribution < -0.4 is 23.9 Å². The topological polar surface area (TPSA) is 97.2 Å². The maximum Gasteiger partial charge on any atom is 0.295 e. The number of benzene rings is 3. The fraction of sp³-hybridized carbons (Fsp3) is 0. The number of anilines is 2. The normalized spacial score (nSPS) is 15.6. The minimum absolute atomic E-state index is 0.258. The maximum absolute atomic E-state index is 11.1. The Morgan fingerprint density at radius 1 is 0.724 bits per heavy atom. The average molecular weight is 410 g/mol. The summed E-state index contributed by atoms with van der Waals surface area (Å²) in [6, 6.07) is 27.9. The second kappa shape index (κ2) is 7.94. The Balaban J connectivity index is 1.88. The predicted molar refractivity (Wildman–Crippen MR) is 100.0 cm³/mol. The minimum atomic E-state index is -4.64. The van der Waals surface area contributed by atoms with E-state index in [2.05, 4.69) is 4.29 Å². The van der Waals surface area contributed by atoms with Crippen LogP contribution in [0.5, 0.6) is 0 Å². The van der Waals surface area contributed by atoms with Gasteiger partial charge in [0.2, 0.25) is 0 Å². The molecule has 0 spiro atoms. The zero-order valence-corrected chi connectivity index (χ0v) is 15.8. The lowest BCUT2D eigenvalue weighted by molar-refractivity contribution is -1.92. The molecule has 146 valence electrons. The van der Waals surface area contributed by atoms with Crippen molar-refractivity contribution in [2.24, 2.45) is 5.10 Å². The van der Waals surface area contributed by atoms with Crippen LogP contribution in [0, 0.1) is 10.2 Å². The summed E-state index contributed by atoms with van der Waals surface area (Å²) in [5.74, 6) is 0.809. The van der Waals surface area contributed by atoms with Crippen LogP contribution in [-0.4, -0.2) is 5.84 Å². The second-order valence-corrected chi connectivity index (χ2v) is 6.99. The van der Waals surface area contributed by atoms with Crippen molar-refractivity contribution < 1.29 is 28.5 Å². The van der Waals surface area contributed by atoms with Crippen molar-refractivity contribution >= 4 is 17.2 Å². The highest BCUT2D eigenvalue weighted by atomic mass is 35.7.